The molecule has 0 saturated heterocycles. The molecule has 0 aliphatic heterocycles. The Balaban J connectivity index is 2.33. The van der Waals surface area contributed by atoms with Gasteiger partial charge in [0.15, 0.2) is 9.84 Å². The van der Waals surface area contributed by atoms with Crippen molar-refractivity contribution >= 4 is 21.4 Å². The van der Waals surface area contributed by atoms with Crippen LogP contribution in [0, 0.1) is 10.1 Å². The number of carbonyl (C=O) groups excluding carboxylic acids is 1. The molecule has 8 heteroatoms. The van der Waals surface area contributed by atoms with Crippen molar-refractivity contribution in [2.45, 2.75) is 55.9 Å². The minimum absolute atomic E-state index is 0.0409. The van der Waals surface area contributed by atoms with Crippen LogP contribution in [0.3, 0.4) is 0 Å². The molecule has 1 fully saturated rings. The molecule has 0 bridgehead atoms. The fourth-order valence-electron chi connectivity index (χ4n) is 3.22. The van der Waals surface area contributed by atoms with Gasteiger partial charge >= 0.3 is 0 Å². The maximum Gasteiger partial charge on any atom is 0.271 e. The van der Waals surface area contributed by atoms with E-state index in [1.165, 1.54) is 12.5 Å². The van der Waals surface area contributed by atoms with E-state index in [0.29, 0.717) is 0 Å². The molecule has 7 nitrogen and oxygen atoms in total. The molecule has 1 aliphatic rings. The molecule has 0 aromatic heterocycles. The molecule has 138 valence electrons. The Labute approximate surface area is 148 Å². The first-order chi connectivity index (χ1) is 11.7. The van der Waals surface area contributed by atoms with Gasteiger partial charge in [-0.3, -0.25) is 14.9 Å². The molecule has 1 saturated carbocycles. The second-order valence-electron chi connectivity index (χ2n) is 6.66. The molecule has 0 atom stereocenters. The van der Waals surface area contributed by atoms with Gasteiger partial charge < -0.3 is 4.90 Å². The molecule has 2 rings (SSSR count). The van der Waals surface area contributed by atoms with Crippen LogP contribution in [0.5, 0.6) is 0 Å². The minimum atomic E-state index is -3.65. The van der Waals surface area contributed by atoms with E-state index in [1.807, 2.05) is 0 Å². The molecule has 0 radical (unpaired) electrons. The van der Waals surface area contributed by atoms with Gasteiger partial charge in [-0.25, -0.2) is 8.42 Å². The lowest BCUT2D eigenvalue weighted by Gasteiger charge is -2.30. The number of carbonyl (C=O) groups is 1. The van der Waals surface area contributed by atoms with Crippen LogP contribution in [0.4, 0.5) is 5.69 Å². The molecule has 1 aromatic rings. The third kappa shape index (κ3) is 5.01. The number of non-ortho nitro benzene ring substituents is 1. The van der Waals surface area contributed by atoms with Crippen molar-refractivity contribution in [2.24, 2.45) is 0 Å². The van der Waals surface area contributed by atoms with Gasteiger partial charge in [-0.05, 0) is 18.9 Å². The van der Waals surface area contributed by atoms with Crippen molar-refractivity contribution < 1.29 is 18.1 Å². The van der Waals surface area contributed by atoms with Gasteiger partial charge in [-0.2, -0.15) is 0 Å². The Hall–Kier alpha value is -1.96. The zero-order valence-corrected chi connectivity index (χ0v) is 15.4. The smallest absolute Gasteiger partial charge is 0.271 e. The summed E-state index contributed by atoms with van der Waals surface area (Å²) >= 11 is 0. The fourth-order valence-corrected chi connectivity index (χ4v) is 3.89. The summed E-state index contributed by atoms with van der Waals surface area (Å²) < 4.78 is 23.6. The van der Waals surface area contributed by atoms with Crippen LogP contribution < -0.4 is 0 Å². The summed E-state index contributed by atoms with van der Waals surface area (Å²) in [7, 11) is -1.96. The second-order valence-corrected chi connectivity index (χ2v) is 8.68. The largest absolute Gasteiger partial charge is 0.339 e. The highest BCUT2D eigenvalue weighted by Crippen LogP contribution is 2.25. The van der Waals surface area contributed by atoms with Crippen LogP contribution in [0.15, 0.2) is 23.1 Å². The maximum atomic E-state index is 12.8. The Morgan fingerprint density at radius 2 is 1.68 bits per heavy atom. The quantitative estimate of drug-likeness (QED) is 0.600. The van der Waals surface area contributed by atoms with Crippen molar-refractivity contribution in [2.75, 3.05) is 13.3 Å². The first kappa shape index (κ1) is 19.4. The first-order valence-corrected chi connectivity index (χ1v) is 10.4. The standard InChI is InChI=1S/C17H24N2O5S/c1-18(14-8-6-4-3-5-7-9-14)17(20)13-10-15(19(21)22)12-16(11-13)25(2,23)24/h10-12,14H,3-9H2,1-2H3. The number of benzene rings is 1. The predicted octanol–water partition coefficient (Wildman–Crippen LogP) is 3.18. The number of hydrogen-bond acceptors (Lipinski definition) is 5. The van der Waals surface area contributed by atoms with Crippen molar-refractivity contribution in [1.82, 2.24) is 4.90 Å². The van der Waals surface area contributed by atoms with Crippen LogP contribution in [0.1, 0.15) is 55.3 Å². The number of hydrogen-bond donors (Lipinski definition) is 0. The number of nitro groups is 1. The highest BCUT2D eigenvalue weighted by Gasteiger charge is 2.25. The number of nitrogens with zero attached hydrogens (tertiary/aromatic N) is 2. The highest BCUT2D eigenvalue weighted by atomic mass is 32.2. The van der Waals surface area contributed by atoms with E-state index in [1.54, 1.807) is 11.9 Å². The normalized spacial score (nSPS) is 16.7. The molecular weight excluding hydrogens is 344 g/mol. The monoisotopic (exact) mass is 368 g/mol. The van der Waals surface area contributed by atoms with Gasteiger partial charge in [0, 0.05) is 37.0 Å². The van der Waals surface area contributed by atoms with Crippen molar-refractivity contribution in [3.05, 3.63) is 33.9 Å². The summed E-state index contributed by atoms with van der Waals surface area (Å²) in [5.41, 5.74) is -0.350. The number of nitro benzene ring substituents is 1. The fraction of sp³-hybridized carbons (Fsp3) is 0.588. The predicted molar refractivity (Wildman–Crippen MR) is 94.4 cm³/mol. The van der Waals surface area contributed by atoms with Crippen LogP contribution in [-0.4, -0.2) is 43.5 Å². The van der Waals surface area contributed by atoms with Crippen molar-refractivity contribution in [3.63, 3.8) is 0 Å². The van der Waals surface area contributed by atoms with Crippen LogP contribution in [0.2, 0.25) is 0 Å². The van der Waals surface area contributed by atoms with Gasteiger partial charge in [-0.1, -0.05) is 32.1 Å². The Bertz CT molecular complexity index is 752. The van der Waals surface area contributed by atoms with E-state index in [0.717, 1.165) is 56.9 Å². The molecule has 0 unspecified atom stereocenters. The van der Waals surface area contributed by atoms with Gasteiger partial charge in [-0.15, -0.1) is 0 Å². The molecule has 0 heterocycles. The zero-order chi connectivity index (χ0) is 18.6. The molecule has 25 heavy (non-hydrogen) atoms. The van der Waals surface area contributed by atoms with E-state index >= 15 is 0 Å². The van der Waals surface area contributed by atoms with Crippen LogP contribution in [0.25, 0.3) is 0 Å². The third-order valence-electron chi connectivity index (χ3n) is 4.72. The topological polar surface area (TPSA) is 97.6 Å². The van der Waals surface area contributed by atoms with E-state index in [-0.39, 0.29) is 22.4 Å². The molecule has 0 spiro atoms. The highest BCUT2D eigenvalue weighted by molar-refractivity contribution is 7.90. The van der Waals surface area contributed by atoms with Crippen LogP contribution >= 0.6 is 0 Å². The molecule has 1 amide bonds. The van der Waals surface area contributed by atoms with Gasteiger partial charge in [0.2, 0.25) is 0 Å². The summed E-state index contributed by atoms with van der Waals surface area (Å²) in [4.78, 5) is 24.6. The molecule has 1 aromatic carbocycles. The van der Waals surface area contributed by atoms with Crippen molar-refractivity contribution in [3.8, 4) is 0 Å². The van der Waals surface area contributed by atoms with Crippen molar-refractivity contribution in [1.29, 1.82) is 0 Å². The SMILES string of the molecule is CN(C(=O)c1cc([N+](=O)[O-])cc(S(C)(=O)=O)c1)C1CCCCCCC1. The molecule has 1 aliphatic carbocycles. The Morgan fingerprint density at radius 1 is 1.12 bits per heavy atom. The summed E-state index contributed by atoms with van der Waals surface area (Å²) in [5.74, 6) is -0.376. The van der Waals surface area contributed by atoms with E-state index in [9.17, 15) is 23.3 Å². The lowest BCUT2D eigenvalue weighted by molar-refractivity contribution is -0.385. The molecule has 0 N–H and O–H groups in total. The second kappa shape index (κ2) is 7.95. The minimum Gasteiger partial charge on any atom is -0.339 e. The molecular formula is C17H24N2O5S. The lowest BCUT2D eigenvalue weighted by Crippen LogP contribution is -2.37. The lowest BCUT2D eigenvalue weighted by atomic mass is 9.95. The van der Waals surface area contributed by atoms with Gasteiger partial charge in [0.25, 0.3) is 11.6 Å². The van der Waals surface area contributed by atoms with E-state index < -0.39 is 20.4 Å². The zero-order valence-electron chi connectivity index (χ0n) is 14.6. The first-order valence-electron chi connectivity index (χ1n) is 8.47. The van der Waals surface area contributed by atoms with E-state index in [2.05, 4.69) is 0 Å². The number of sulfone groups is 1. The summed E-state index contributed by atoms with van der Waals surface area (Å²) in [6.07, 6.45) is 8.37. The summed E-state index contributed by atoms with van der Waals surface area (Å²) in [5, 5.41) is 11.1. The summed E-state index contributed by atoms with van der Waals surface area (Å²) in [6.45, 7) is 0. The number of rotatable bonds is 4. The van der Waals surface area contributed by atoms with Gasteiger partial charge in [0.1, 0.15) is 0 Å². The van der Waals surface area contributed by atoms with E-state index in [4.69, 9.17) is 0 Å². The van der Waals surface area contributed by atoms with Crippen LogP contribution in [-0.2, 0) is 9.84 Å². The Kier molecular flexibility index (Phi) is 6.16. The number of amides is 1. The average molecular weight is 368 g/mol. The maximum absolute atomic E-state index is 12.8. The summed E-state index contributed by atoms with van der Waals surface area (Å²) in [6, 6.07) is 3.44. The van der Waals surface area contributed by atoms with Gasteiger partial charge in [0.05, 0.1) is 9.82 Å². The Morgan fingerprint density at radius 3 is 2.20 bits per heavy atom. The third-order valence-corrected chi connectivity index (χ3v) is 5.81. The average Bonchev–Trinajstić information content (AvgIpc) is 2.52.